The van der Waals surface area contributed by atoms with Crippen LogP contribution in [0, 0.1) is 11.3 Å². The predicted octanol–water partition coefficient (Wildman–Crippen LogP) is 2.64. The Morgan fingerprint density at radius 2 is 1.96 bits per heavy atom. The smallest absolute Gasteiger partial charge is 0.350 e. The van der Waals surface area contributed by atoms with E-state index < -0.39 is 16.0 Å². The van der Waals surface area contributed by atoms with Crippen molar-refractivity contribution >= 4 is 21.7 Å². The monoisotopic (exact) mass is 407 g/mol. The van der Waals surface area contributed by atoms with Gasteiger partial charge in [0.25, 0.3) is 0 Å². The summed E-state index contributed by atoms with van der Waals surface area (Å²) in [6.45, 7) is 2.78. The predicted molar refractivity (Wildman–Crippen MR) is 104 cm³/mol. The molecule has 0 radical (unpaired) electrons. The standard InChI is InChI=1S/C19H25N3O5S/c1-3-27-19(23)15(13-20)14-21-17-12-16(8-9-18(17)26-2)28(24,25)22-10-6-4-5-7-11-22/h8-9,12,14,21H,3-7,10-11H2,1-2H3/b15-14+. The number of carbonyl (C=O) groups is 1. The van der Waals surface area contributed by atoms with Gasteiger partial charge in [-0.05, 0) is 38.0 Å². The third-order valence-electron chi connectivity index (χ3n) is 4.36. The van der Waals surface area contributed by atoms with Crippen LogP contribution in [0.2, 0.25) is 0 Å². The highest BCUT2D eigenvalue weighted by Gasteiger charge is 2.26. The van der Waals surface area contributed by atoms with Gasteiger partial charge < -0.3 is 14.8 Å². The molecule has 1 aliphatic heterocycles. The first kappa shape index (κ1) is 21.7. The van der Waals surface area contributed by atoms with Crippen LogP contribution in [0.5, 0.6) is 5.75 Å². The van der Waals surface area contributed by atoms with E-state index in [2.05, 4.69) is 5.32 Å². The highest BCUT2D eigenvalue weighted by Crippen LogP contribution is 2.30. The molecule has 0 spiro atoms. The number of anilines is 1. The lowest BCUT2D eigenvalue weighted by Crippen LogP contribution is -2.31. The SMILES string of the molecule is CCOC(=O)/C(C#N)=C/Nc1cc(S(=O)(=O)N2CCCCCC2)ccc1OC. The molecule has 1 aromatic carbocycles. The minimum atomic E-state index is -3.64. The van der Waals surface area contributed by atoms with Crippen molar-refractivity contribution in [3.8, 4) is 11.8 Å². The zero-order chi connectivity index (χ0) is 20.6. The Labute approximate surface area is 165 Å². The molecule has 1 fully saturated rings. The number of hydrogen-bond donors (Lipinski definition) is 1. The molecule has 0 bridgehead atoms. The van der Waals surface area contributed by atoms with Crippen LogP contribution in [0.3, 0.4) is 0 Å². The maximum Gasteiger partial charge on any atom is 0.350 e. The summed E-state index contributed by atoms with van der Waals surface area (Å²) in [5.41, 5.74) is 0.0973. The van der Waals surface area contributed by atoms with Crippen LogP contribution in [-0.2, 0) is 19.6 Å². The average Bonchev–Trinajstić information content (AvgIpc) is 2.98. The van der Waals surface area contributed by atoms with Crippen LogP contribution in [0.1, 0.15) is 32.6 Å². The van der Waals surface area contributed by atoms with Crippen LogP contribution in [-0.4, -0.2) is 45.5 Å². The average molecular weight is 407 g/mol. The Bertz CT molecular complexity index is 866. The first-order valence-electron chi connectivity index (χ1n) is 9.16. The van der Waals surface area contributed by atoms with Crippen molar-refractivity contribution in [2.45, 2.75) is 37.5 Å². The molecule has 1 saturated heterocycles. The number of methoxy groups -OCH3 is 1. The molecule has 0 aliphatic carbocycles. The van der Waals surface area contributed by atoms with E-state index in [4.69, 9.17) is 14.7 Å². The number of ether oxygens (including phenoxy) is 2. The third-order valence-corrected chi connectivity index (χ3v) is 6.26. The lowest BCUT2D eigenvalue weighted by Gasteiger charge is -2.20. The molecule has 1 heterocycles. The molecular weight excluding hydrogens is 382 g/mol. The summed E-state index contributed by atoms with van der Waals surface area (Å²) < 4.78 is 37.5. The molecule has 9 heteroatoms. The molecule has 0 amide bonds. The summed E-state index contributed by atoms with van der Waals surface area (Å²) in [6, 6.07) is 6.22. The number of benzene rings is 1. The normalized spacial score (nSPS) is 16.0. The van der Waals surface area contributed by atoms with Gasteiger partial charge in [0, 0.05) is 19.3 Å². The van der Waals surface area contributed by atoms with Crippen LogP contribution >= 0.6 is 0 Å². The summed E-state index contributed by atoms with van der Waals surface area (Å²) in [5.74, 6) is -0.378. The molecule has 152 valence electrons. The fourth-order valence-corrected chi connectivity index (χ4v) is 4.43. The van der Waals surface area contributed by atoms with Crippen LogP contribution in [0.4, 0.5) is 5.69 Å². The Kier molecular flexibility index (Phi) is 7.84. The highest BCUT2D eigenvalue weighted by atomic mass is 32.2. The summed E-state index contributed by atoms with van der Waals surface area (Å²) >= 11 is 0. The molecule has 1 aromatic rings. The second-order valence-electron chi connectivity index (χ2n) is 6.22. The van der Waals surface area contributed by atoms with Crippen molar-refractivity contribution in [1.82, 2.24) is 4.31 Å². The van der Waals surface area contributed by atoms with E-state index >= 15 is 0 Å². The van der Waals surface area contributed by atoms with Gasteiger partial charge in [0.15, 0.2) is 5.57 Å². The third kappa shape index (κ3) is 5.24. The van der Waals surface area contributed by atoms with Gasteiger partial charge >= 0.3 is 5.97 Å². The van der Waals surface area contributed by atoms with Gasteiger partial charge in [0.05, 0.1) is 24.3 Å². The first-order valence-corrected chi connectivity index (χ1v) is 10.6. The van der Waals surface area contributed by atoms with Crippen molar-refractivity contribution in [3.63, 3.8) is 0 Å². The number of nitrogens with zero attached hydrogens (tertiary/aromatic N) is 2. The molecule has 0 aromatic heterocycles. The number of nitriles is 1. The Balaban J connectivity index is 2.33. The number of carbonyl (C=O) groups excluding carboxylic acids is 1. The number of esters is 1. The molecule has 1 N–H and O–H groups in total. The maximum atomic E-state index is 13.0. The highest BCUT2D eigenvalue weighted by molar-refractivity contribution is 7.89. The largest absolute Gasteiger partial charge is 0.495 e. The van der Waals surface area contributed by atoms with Crippen LogP contribution in [0.25, 0.3) is 0 Å². The Morgan fingerprint density at radius 3 is 2.54 bits per heavy atom. The van der Waals surface area contributed by atoms with Crippen LogP contribution in [0.15, 0.2) is 34.9 Å². The van der Waals surface area contributed by atoms with E-state index in [1.165, 1.54) is 35.8 Å². The van der Waals surface area contributed by atoms with E-state index in [1.807, 2.05) is 0 Å². The molecule has 0 unspecified atom stereocenters. The quantitative estimate of drug-likeness (QED) is 0.420. The molecule has 0 saturated carbocycles. The van der Waals surface area contributed by atoms with Gasteiger partial charge in [0.2, 0.25) is 10.0 Å². The second-order valence-corrected chi connectivity index (χ2v) is 8.15. The summed E-state index contributed by atoms with van der Waals surface area (Å²) in [6.07, 6.45) is 4.91. The number of hydrogen-bond acceptors (Lipinski definition) is 7. The van der Waals surface area contributed by atoms with Crippen molar-refractivity contribution in [1.29, 1.82) is 5.26 Å². The zero-order valence-electron chi connectivity index (χ0n) is 16.1. The van der Waals surface area contributed by atoms with E-state index in [-0.39, 0.29) is 17.1 Å². The molecule has 8 nitrogen and oxygen atoms in total. The molecule has 2 rings (SSSR count). The van der Waals surface area contributed by atoms with E-state index in [9.17, 15) is 13.2 Å². The first-order chi connectivity index (χ1) is 13.4. The van der Waals surface area contributed by atoms with Gasteiger partial charge in [-0.1, -0.05) is 12.8 Å². The van der Waals surface area contributed by atoms with Gasteiger partial charge in [0.1, 0.15) is 11.8 Å². The minimum absolute atomic E-state index is 0.126. The molecular formula is C19H25N3O5S. The van der Waals surface area contributed by atoms with Crippen molar-refractivity contribution in [3.05, 3.63) is 30.0 Å². The summed E-state index contributed by atoms with van der Waals surface area (Å²) in [5, 5.41) is 11.9. The topological polar surface area (TPSA) is 109 Å². The summed E-state index contributed by atoms with van der Waals surface area (Å²) in [7, 11) is -2.19. The zero-order valence-corrected chi connectivity index (χ0v) is 16.9. The molecule has 28 heavy (non-hydrogen) atoms. The molecule has 1 aliphatic rings. The maximum absolute atomic E-state index is 13.0. The van der Waals surface area contributed by atoms with Crippen LogP contribution < -0.4 is 10.1 Å². The summed E-state index contributed by atoms with van der Waals surface area (Å²) in [4.78, 5) is 11.9. The fourth-order valence-electron chi connectivity index (χ4n) is 2.89. The van der Waals surface area contributed by atoms with Gasteiger partial charge in [-0.25, -0.2) is 13.2 Å². The second kappa shape index (κ2) is 10.1. The molecule has 0 atom stereocenters. The van der Waals surface area contributed by atoms with Gasteiger partial charge in [-0.15, -0.1) is 0 Å². The number of rotatable bonds is 7. The van der Waals surface area contributed by atoms with Crippen molar-refractivity contribution < 1.29 is 22.7 Å². The fraction of sp³-hybridized carbons (Fsp3) is 0.474. The van der Waals surface area contributed by atoms with Gasteiger partial charge in [-0.3, -0.25) is 0 Å². The van der Waals surface area contributed by atoms with E-state index in [0.717, 1.165) is 25.7 Å². The number of nitrogens with one attached hydrogen (secondary N) is 1. The minimum Gasteiger partial charge on any atom is -0.495 e. The lowest BCUT2D eigenvalue weighted by atomic mass is 10.2. The Hall–Kier alpha value is -2.57. The van der Waals surface area contributed by atoms with Crippen molar-refractivity contribution in [2.24, 2.45) is 0 Å². The lowest BCUT2D eigenvalue weighted by molar-refractivity contribution is -0.138. The van der Waals surface area contributed by atoms with Gasteiger partial charge in [-0.2, -0.15) is 9.57 Å². The van der Waals surface area contributed by atoms with E-state index in [0.29, 0.717) is 24.5 Å². The van der Waals surface area contributed by atoms with E-state index in [1.54, 1.807) is 13.0 Å². The van der Waals surface area contributed by atoms with Crippen molar-refractivity contribution in [2.75, 3.05) is 32.1 Å². The number of sulfonamides is 1. The Morgan fingerprint density at radius 1 is 1.29 bits per heavy atom.